The molecule has 0 radical (unpaired) electrons. The molecule has 0 amide bonds. The van der Waals surface area contributed by atoms with Crippen LogP contribution in [0.2, 0.25) is 5.02 Å². The largest absolute Gasteiger partial charge is 0.354 e. The van der Waals surface area contributed by atoms with Crippen molar-refractivity contribution in [3.05, 3.63) is 45.4 Å². The number of nitrogens with zero attached hydrogens (tertiary/aromatic N) is 3. The van der Waals surface area contributed by atoms with Gasteiger partial charge in [-0.05, 0) is 25.1 Å². The zero-order chi connectivity index (χ0) is 15.4. The van der Waals surface area contributed by atoms with Gasteiger partial charge in [0.2, 0.25) is 11.8 Å². The summed E-state index contributed by atoms with van der Waals surface area (Å²) in [5, 5.41) is 16.5. The van der Waals surface area contributed by atoms with Gasteiger partial charge in [0.25, 0.3) is 0 Å². The van der Waals surface area contributed by atoms with Crippen LogP contribution in [0, 0.1) is 15.9 Å². The average Bonchev–Trinajstić information content (AvgIpc) is 2.43. The van der Waals surface area contributed by atoms with Crippen molar-refractivity contribution in [3.8, 4) is 0 Å². The highest BCUT2D eigenvalue weighted by molar-refractivity contribution is 6.30. The molecule has 0 saturated carbocycles. The van der Waals surface area contributed by atoms with Gasteiger partial charge in [-0.3, -0.25) is 10.1 Å². The maximum atomic E-state index is 13.4. The molecule has 0 aliphatic rings. The molecule has 21 heavy (non-hydrogen) atoms. The average molecular weight is 312 g/mol. The zero-order valence-corrected chi connectivity index (χ0v) is 11.7. The second-order valence-electron chi connectivity index (χ2n) is 3.97. The van der Waals surface area contributed by atoms with E-state index in [1.807, 2.05) is 6.92 Å². The van der Waals surface area contributed by atoms with Crippen molar-refractivity contribution >= 4 is 34.7 Å². The smallest absolute Gasteiger partial charge is 0.329 e. The molecule has 9 heteroatoms. The van der Waals surface area contributed by atoms with E-state index in [2.05, 4.69) is 20.6 Å². The normalized spacial score (nSPS) is 10.2. The molecule has 0 fully saturated rings. The van der Waals surface area contributed by atoms with Crippen LogP contribution in [0.25, 0.3) is 0 Å². The van der Waals surface area contributed by atoms with Crippen LogP contribution < -0.4 is 10.6 Å². The zero-order valence-electron chi connectivity index (χ0n) is 10.9. The maximum Gasteiger partial charge on any atom is 0.329 e. The van der Waals surface area contributed by atoms with Gasteiger partial charge in [-0.25, -0.2) is 9.37 Å². The van der Waals surface area contributed by atoms with Gasteiger partial charge in [-0.1, -0.05) is 11.6 Å². The molecule has 7 nitrogen and oxygen atoms in total. The molecule has 110 valence electrons. The lowest BCUT2D eigenvalue weighted by molar-refractivity contribution is -0.384. The standard InChI is InChI=1S/C12H11ClFN5O2/c1-2-15-12-16-6-10(19(20)21)11(18-12)17-7-3-4-8(13)9(14)5-7/h3-6H,2H2,1H3,(H2,15,16,17,18). The first kappa shape index (κ1) is 14.9. The van der Waals surface area contributed by atoms with Crippen LogP contribution in [0.5, 0.6) is 0 Å². The molecule has 0 atom stereocenters. The summed E-state index contributed by atoms with van der Waals surface area (Å²) in [6.07, 6.45) is 1.08. The van der Waals surface area contributed by atoms with E-state index < -0.39 is 10.7 Å². The van der Waals surface area contributed by atoms with Crippen molar-refractivity contribution in [2.75, 3.05) is 17.2 Å². The number of rotatable bonds is 5. The van der Waals surface area contributed by atoms with E-state index in [0.717, 1.165) is 12.3 Å². The third kappa shape index (κ3) is 3.54. The number of hydrogen-bond donors (Lipinski definition) is 2. The van der Waals surface area contributed by atoms with E-state index in [1.165, 1.54) is 12.1 Å². The number of anilines is 3. The summed E-state index contributed by atoms with van der Waals surface area (Å²) < 4.78 is 13.4. The Morgan fingerprint density at radius 3 is 2.86 bits per heavy atom. The summed E-state index contributed by atoms with van der Waals surface area (Å²) in [4.78, 5) is 18.2. The van der Waals surface area contributed by atoms with Crippen LogP contribution in [0.1, 0.15) is 6.92 Å². The summed E-state index contributed by atoms with van der Waals surface area (Å²) in [6.45, 7) is 2.40. The fraction of sp³-hybridized carbons (Fsp3) is 0.167. The molecule has 0 aliphatic carbocycles. The quantitative estimate of drug-likeness (QED) is 0.649. The van der Waals surface area contributed by atoms with Crippen LogP contribution in [0.4, 0.5) is 27.5 Å². The number of hydrogen-bond acceptors (Lipinski definition) is 6. The van der Waals surface area contributed by atoms with E-state index in [9.17, 15) is 14.5 Å². The van der Waals surface area contributed by atoms with Gasteiger partial charge in [0.15, 0.2) is 0 Å². The van der Waals surface area contributed by atoms with Crippen molar-refractivity contribution in [2.24, 2.45) is 0 Å². The second-order valence-corrected chi connectivity index (χ2v) is 4.38. The Bertz CT molecular complexity index is 683. The summed E-state index contributed by atoms with van der Waals surface area (Å²) in [5.41, 5.74) is -0.0202. The highest BCUT2D eigenvalue weighted by Crippen LogP contribution is 2.27. The molecule has 2 N–H and O–H groups in total. The predicted molar refractivity (Wildman–Crippen MR) is 77.5 cm³/mol. The van der Waals surface area contributed by atoms with Crippen molar-refractivity contribution in [1.82, 2.24) is 9.97 Å². The minimum atomic E-state index is -0.634. The minimum Gasteiger partial charge on any atom is -0.354 e. The summed E-state index contributed by atoms with van der Waals surface area (Å²) in [6, 6.07) is 3.96. The Kier molecular flexibility index (Phi) is 4.49. The van der Waals surface area contributed by atoms with Crippen LogP contribution >= 0.6 is 11.6 Å². The highest BCUT2D eigenvalue weighted by atomic mass is 35.5. The van der Waals surface area contributed by atoms with Crippen LogP contribution in [0.15, 0.2) is 24.4 Å². The lowest BCUT2D eigenvalue weighted by atomic mass is 10.3. The Hall–Kier alpha value is -2.48. The molecule has 0 aliphatic heterocycles. The molecular weight excluding hydrogens is 301 g/mol. The van der Waals surface area contributed by atoms with Crippen LogP contribution in [-0.4, -0.2) is 21.4 Å². The number of aromatic nitrogens is 2. The molecule has 1 aromatic carbocycles. The van der Waals surface area contributed by atoms with Gasteiger partial charge in [-0.15, -0.1) is 0 Å². The lowest BCUT2D eigenvalue weighted by Crippen LogP contribution is -2.06. The Balaban J connectivity index is 2.37. The van der Waals surface area contributed by atoms with E-state index in [0.29, 0.717) is 12.2 Å². The SMILES string of the molecule is CCNc1ncc([N+](=O)[O-])c(Nc2ccc(Cl)c(F)c2)n1. The fourth-order valence-electron chi connectivity index (χ4n) is 1.55. The first-order chi connectivity index (χ1) is 10.0. The predicted octanol–water partition coefficient (Wildman–Crippen LogP) is 3.35. The molecule has 2 rings (SSSR count). The first-order valence-electron chi connectivity index (χ1n) is 5.98. The maximum absolute atomic E-state index is 13.4. The van der Waals surface area contributed by atoms with E-state index in [-0.39, 0.29) is 22.5 Å². The Morgan fingerprint density at radius 2 is 2.24 bits per heavy atom. The van der Waals surface area contributed by atoms with Crippen LogP contribution in [0.3, 0.4) is 0 Å². The van der Waals surface area contributed by atoms with E-state index in [4.69, 9.17) is 11.6 Å². The minimum absolute atomic E-state index is 0.0346. The van der Waals surface area contributed by atoms with Crippen molar-refractivity contribution in [1.29, 1.82) is 0 Å². The number of nitrogens with one attached hydrogen (secondary N) is 2. The van der Waals surface area contributed by atoms with Gasteiger partial charge in [-0.2, -0.15) is 4.98 Å². The molecule has 2 aromatic rings. The summed E-state index contributed by atoms with van der Waals surface area (Å²) >= 11 is 5.59. The van der Waals surface area contributed by atoms with Gasteiger partial charge in [0.1, 0.15) is 12.0 Å². The summed E-state index contributed by atoms with van der Waals surface area (Å²) in [5.74, 6) is -0.432. The molecule has 0 spiro atoms. The number of benzene rings is 1. The molecule has 0 bridgehead atoms. The Labute approximate surface area is 124 Å². The van der Waals surface area contributed by atoms with Crippen LogP contribution in [-0.2, 0) is 0 Å². The highest BCUT2D eigenvalue weighted by Gasteiger charge is 2.17. The van der Waals surface area contributed by atoms with E-state index >= 15 is 0 Å². The van der Waals surface area contributed by atoms with Crippen molar-refractivity contribution in [3.63, 3.8) is 0 Å². The fourth-order valence-corrected chi connectivity index (χ4v) is 1.67. The molecule has 0 saturated heterocycles. The molecule has 0 unspecified atom stereocenters. The third-order valence-corrected chi connectivity index (χ3v) is 2.79. The van der Waals surface area contributed by atoms with E-state index in [1.54, 1.807) is 0 Å². The topological polar surface area (TPSA) is 93.0 Å². The lowest BCUT2D eigenvalue weighted by Gasteiger charge is -2.08. The third-order valence-electron chi connectivity index (χ3n) is 2.48. The molecule has 1 heterocycles. The van der Waals surface area contributed by atoms with Crippen molar-refractivity contribution in [2.45, 2.75) is 6.92 Å². The molecular formula is C12H11ClFN5O2. The second kappa shape index (κ2) is 6.31. The van der Waals surface area contributed by atoms with Gasteiger partial charge in [0.05, 0.1) is 9.95 Å². The van der Waals surface area contributed by atoms with Gasteiger partial charge >= 0.3 is 5.69 Å². The number of halogens is 2. The first-order valence-corrected chi connectivity index (χ1v) is 6.36. The molecule has 1 aromatic heterocycles. The number of nitro groups is 1. The van der Waals surface area contributed by atoms with Crippen molar-refractivity contribution < 1.29 is 9.31 Å². The monoisotopic (exact) mass is 311 g/mol. The van der Waals surface area contributed by atoms with Gasteiger partial charge < -0.3 is 10.6 Å². The Morgan fingerprint density at radius 1 is 1.48 bits per heavy atom. The van der Waals surface area contributed by atoms with Gasteiger partial charge in [0, 0.05) is 12.2 Å². The summed E-state index contributed by atoms with van der Waals surface area (Å²) in [7, 11) is 0.